The normalized spacial score (nSPS) is 10.7. The SMILES string of the molecule is [C-]#[N+]Cc1ccc2c(-c3cc(C)cc(C)c3C)[n+](C)ccc2c1. The summed E-state index contributed by atoms with van der Waals surface area (Å²) in [5, 5.41) is 2.43. The van der Waals surface area contributed by atoms with Crippen molar-refractivity contribution in [3.63, 3.8) is 0 Å². The van der Waals surface area contributed by atoms with Crippen LogP contribution in [0.3, 0.4) is 0 Å². The smallest absolute Gasteiger partial charge is 0.239 e. The number of hydrogen-bond acceptors (Lipinski definition) is 0. The maximum absolute atomic E-state index is 7.06. The summed E-state index contributed by atoms with van der Waals surface area (Å²) in [5.74, 6) is 0. The van der Waals surface area contributed by atoms with E-state index in [0.29, 0.717) is 6.54 Å². The maximum atomic E-state index is 7.06. The van der Waals surface area contributed by atoms with E-state index in [4.69, 9.17) is 6.57 Å². The van der Waals surface area contributed by atoms with Crippen LogP contribution in [0.4, 0.5) is 0 Å². The van der Waals surface area contributed by atoms with Gasteiger partial charge in [-0.2, -0.15) is 0 Å². The van der Waals surface area contributed by atoms with Crippen molar-refractivity contribution in [3.05, 3.63) is 76.3 Å². The number of aromatic nitrogens is 1. The lowest BCUT2D eigenvalue weighted by Crippen LogP contribution is -2.30. The van der Waals surface area contributed by atoms with E-state index in [1.807, 2.05) is 0 Å². The summed E-state index contributed by atoms with van der Waals surface area (Å²) in [6.45, 7) is 14.0. The highest BCUT2D eigenvalue weighted by molar-refractivity contribution is 5.94. The van der Waals surface area contributed by atoms with Gasteiger partial charge < -0.3 is 4.85 Å². The van der Waals surface area contributed by atoms with Crippen molar-refractivity contribution in [2.45, 2.75) is 27.3 Å². The molecule has 0 saturated heterocycles. The Hall–Kier alpha value is -2.66. The molecule has 1 aromatic heterocycles. The average molecular weight is 301 g/mol. The monoisotopic (exact) mass is 301 g/mol. The van der Waals surface area contributed by atoms with Gasteiger partial charge in [-0.1, -0.05) is 17.7 Å². The van der Waals surface area contributed by atoms with Crippen molar-refractivity contribution in [3.8, 4) is 11.3 Å². The fraction of sp³-hybridized carbons (Fsp3) is 0.238. The maximum Gasteiger partial charge on any atom is 0.239 e. The van der Waals surface area contributed by atoms with Gasteiger partial charge in [-0.25, -0.2) is 11.1 Å². The molecule has 0 unspecified atom stereocenters. The second-order valence-electron chi connectivity index (χ2n) is 6.27. The zero-order valence-electron chi connectivity index (χ0n) is 14.1. The molecule has 114 valence electrons. The predicted octanol–water partition coefficient (Wildman–Crippen LogP) is 4.68. The van der Waals surface area contributed by atoms with E-state index in [1.54, 1.807) is 0 Å². The van der Waals surface area contributed by atoms with Crippen LogP contribution < -0.4 is 4.57 Å². The molecule has 0 aliphatic rings. The number of benzene rings is 2. The highest BCUT2D eigenvalue weighted by Crippen LogP contribution is 2.30. The van der Waals surface area contributed by atoms with Crippen LogP contribution >= 0.6 is 0 Å². The number of hydrogen-bond donors (Lipinski definition) is 0. The van der Waals surface area contributed by atoms with Gasteiger partial charge in [-0.15, -0.1) is 0 Å². The predicted molar refractivity (Wildman–Crippen MR) is 95.1 cm³/mol. The van der Waals surface area contributed by atoms with E-state index in [-0.39, 0.29) is 0 Å². The Morgan fingerprint density at radius 2 is 1.83 bits per heavy atom. The number of aryl methyl sites for hydroxylation is 3. The standard InChI is InChI=1S/C21H21N2/c1-14-10-15(2)16(3)20(11-14)21-19-7-6-17(13-22-4)12-18(19)8-9-23(21)5/h6-12H,13H2,1-3,5H3/q+1. The van der Waals surface area contributed by atoms with Crippen LogP contribution in [0.1, 0.15) is 22.3 Å². The molecule has 0 bridgehead atoms. The lowest BCUT2D eigenvalue weighted by molar-refractivity contribution is -0.659. The lowest BCUT2D eigenvalue weighted by atomic mass is 9.94. The van der Waals surface area contributed by atoms with Gasteiger partial charge in [0, 0.05) is 11.6 Å². The fourth-order valence-electron chi connectivity index (χ4n) is 3.23. The van der Waals surface area contributed by atoms with Gasteiger partial charge in [0.2, 0.25) is 12.2 Å². The van der Waals surface area contributed by atoms with Crippen molar-refractivity contribution in [1.29, 1.82) is 0 Å². The van der Waals surface area contributed by atoms with Crippen LogP contribution in [0.5, 0.6) is 0 Å². The molecule has 0 saturated carbocycles. The quantitative estimate of drug-likeness (QED) is 0.480. The van der Waals surface area contributed by atoms with Gasteiger partial charge in [-0.3, -0.25) is 0 Å². The topological polar surface area (TPSA) is 8.24 Å². The molecule has 0 fully saturated rings. The van der Waals surface area contributed by atoms with Gasteiger partial charge in [0.05, 0.1) is 10.9 Å². The third-order valence-electron chi connectivity index (χ3n) is 4.53. The summed E-state index contributed by atoms with van der Waals surface area (Å²) < 4.78 is 2.19. The summed E-state index contributed by atoms with van der Waals surface area (Å²) in [6.07, 6.45) is 2.11. The van der Waals surface area contributed by atoms with E-state index in [1.165, 1.54) is 38.7 Å². The Morgan fingerprint density at radius 3 is 2.57 bits per heavy atom. The first-order valence-corrected chi connectivity index (χ1v) is 7.84. The van der Waals surface area contributed by atoms with Gasteiger partial charge >= 0.3 is 0 Å². The minimum Gasteiger partial charge on any atom is -0.312 e. The lowest BCUT2D eigenvalue weighted by Gasteiger charge is -2.11. The molecule has 0 atom stereocenters. The zero-order valence-corrected chi connectivity index (χ0v) is 14.1. The molecule has 2 nitrogen and oxygen atoms in total. The molecule has 2 aromatic carbocycles. The number of pyridine rings is 1. The number of fused-ring (bicyclic) bond motifs is 1. The van der Waals surface area contributed by atoms with Gasteiger partial charge in [-0.05, 0) is 55.5 Å². The van der Waals surface area contributed by atoms with Crippen LogP contribution in [0, 0.1) is 27.3 Å². The van der Waals surface area contributed by atoms with Crippen LogP contribution in [-0.2, 0) is 13.6 Å². The summed E-state index contributed by atoms with van der Waals surface area (Å²) >= 11 is 0. The molecule has 3 rings (SSSR count). The van der Waals surface area contributed by atoms with Crippen molar-refractivity contribution >= 4 is 10.8 Å². The van der Waals surface area contributed by atoms with Gasteiger partial charge in [0.15, 0.2) is 6.20 Å². The average Bonchev–Trinajstić information content (AvgIpc) is 2.51. The van der Waals surface area contributed by atoms with Crippen molar-refractivity contribution in [2.75, 3.05) is 0 Å². The fourth-order valence-corrected chi connectivity index (χ4v) is 3.23. The zero-order chi connectivity index (χ0) is 16.6. The molecule has 23 heavy (non-hydrogen) atoms. The minimum absolute atomic E-state index is 0.439. The van der Waals surface area contributed by atoms with E-state index in [0.717, 1.165) is 5.56 Å². The molecule has 2 heteroatoms. The van der Waals surface area contributed by atoms with E-state index in [2.05, 4.69) is 79.8 Å². The molecule has 0 amide bonds. The third kappa shape index (κ3) is 2.71. The second kappa shape index (κ2) is 5.85. The Kier molecular flexibility index (Phi) is 3.88. The molecule has 0 aliphatic carbocycles. The Labute approximate surface area is 137 Å². The molecule has 0 spiro atoms. The second-order valence-corrected chi connectivity index (χ2v) is 6.27. The summed E-state index contributed by atoms with van der Waals surface area (Å²) in [7, 11) is 2.10. The van der Waals surface area contributed by atoms with Gasteiger partial charge in [0.25, 0.3) is 0 Å². The molecular weight excluding hydrogens is 280 g/mol. The number of rotatable bonds is 2. The number of nitrogens with zero attached hydrogens (tertiary/aromatic N) is 2. The van der Waals surface area contributed by atoms with E-state index in [9.17, 15) is 0 Å². The van der Waals surface area contributed by atoms with Crippen LogP contribution in [0.25, 0.3) is 26.9 Å². The highest BCUT2D eigenvalue weighted by atomic mass is 14.9. The van der Waals surface area contributed by atoms with Crippen molar-refractivity contribution in [2.24, 2.45) is 7.05 Å². The molecule has 1 heterocycles. The molecular formula is C21H21N2+. The Balaban J connectivity index is 2.33. The first-order valence-electron chi connectivity index (χ1n) is 7.84. The molecule has 0 aliphatic heterocycles. The summed E-state index contributed by atoms with van der Waals surface area (Å²) in [5.41, 5.74) is 7.52. The molecule has 0 N–H and O–H groups in total. The Bertz CT molecular complexity index is 946. The third-order valence-corrected chi connectivity index (χ3v) is 4.53. The highest BCUT2D eigenvalue weighted by Gasteiger charge is 2.18. The van der Waals surface area contributed by atoms with E-state index >= 15 is 0 Å². The van der Waals surface area contributed by atoms with Crippen LogP contribution in [-0.4, -0.2) is 0 Å². The largest absolute Gasteiger partial charge is 0.312 e. The first kappa shape index (κ1) is 15.2. The first-order chi connectivity index (χ1) is 11.0. The van der Waals surface area contributed by atoms with Gasteiger partial charge in [0.1, 0.15) is 7.05 Å². The Morgan fingerprint density at radius 1 is 1.04 bits per heavy atom. The van der Waals surface area contributed by atoms with Crippen molar-refractivity contribution < 1.29 is 4.57 Å². The summed E-state index contributed by atoms with van der Waals surface area (Å²) in [4.78, 5) is 3.49. The van der Waals surface area contributed by atoms with Crippen molar-refractivity contribution in [1.82, 2.24) is 0 Å². The minimum atomic E-state index is 0.439. The molecule has 0 radical (unpaired) electrons. The van der Waals surface area contributed by atoms with Crippen LogP contribution in [0.15, 0.2) is 42.6 Å². The van der Waals surface area contributed by atoms with Crippen LogP contribution in [0.2, 0.25) is 0 Å². The van der Waals surface area contributed by atoms with E-state index < -0.39 is 0 Å². The summed E-state index contributed by atoms with van der Waals surface area (Å²) in [6, 6.07) is 13.0. The molecule has 3 aromatic rings.